The molecule has 0 radical (unpaired) electrons. The van der Waals surface area contributed by atoms with Gasteiger partial charge in [0.1, 0.15) is 12.4 Å². The number of aliphatic hydroxyl groups excluding tert-OH is 1. The molecule has 3 aliphatic rings. The number of sulfonamides is 1. The van der Waals surface area contributed by atoms with Gasteiger partial charge in [0.15, 0.2) is 11.5 Å². The van der Waals surface area contributed by atoms with Crippen molar-refractivity contribution in [2.75, 3.05) is 12.3 Å². The van der Waals surface area contributed by atoms with Gasteiger partial charge in [-0.1, -0.05) is 36.4 Å². The van der Waals surface area contributed by atoms with Gasteiger partial charge in [0, 0.05) is 5.56 Å². The molecule has 7 rings (SSSR count). The lowest BCUT2D eigenvalue weighted by atomic mass is 9.68. The van der Waals surface area contributed by atoms with Crippen LogP contribution >= 0.6 is 0 Å². The number of fused-ring (bicyclic) bond motifs is 4. The lowest BCUT2D eigenvalue weighted by Crippen LogP contribution is -2.64. The van der Waals surface area contributed by atoms with Crippen LogP contribution in [0.25, 0.3) is 16.9 Å². The van der Waals surface area contributed by atoms with E-state index in [1.165, 1.54) is 6.33 Å². The predicted molar refractivity (Wildman–Crippen MR) is 137 cm³/mol. The zero-order valence-electron chi connectivity index (χ0n) is 20.3. The molecule has 2 bridgehead atoms. The smallest absolute Gasteiger partial charge is 0.241 e. The molecule has 2 aromatic carbocycles. The number of hydrogen-bond donors (Lipinski definition) is 3. The van der Waals surface area contributed by atoms with E-state index in [9.17, 15) is 13.5 Å². The second-order valence-corrected chi connectivity index (χ2v) is 11.7. The Morgan fingerprint density at radius 2 is 1.86 bits per heavy atom. The number of benzene rings is 2. The SMILES string of the molecule is Cc1ccc(S(=O)(=O)NC23CCC(C(O)c4ccccc4)(CC2)OC3)cc1-c1cnc2c(N)ncnn12. The number of nitrogens with two attached hydrogens (primary N) is 1. The van der Waals surface area contributed by atoms with Crippen molar-refractivity contribution in [1.29, 1.82) is 0 Å². The first kappa shape index (κ1) is 24.0. The van der Waals surface area contributed by atoms with Crippen molar-refractivity contribution in [3.8, 4) is 11.3 Å². The van der Waals surface area contributed by atoms with Gasteiger partial charge in [-0.25, -0.2) is 27.6 Å². The van der Waals surface area contributed by atoms with E-state index in [1.807, 2.05) is 37.3 Å². The number of hydrogen-bond acceptors (Lipinski definition) is 8. The molecule has 3 fully saturated rings. The van der Waals surface area contributed by atoms with Gasteiger partial charge in [0.2, 0.25) is 10.0 Å². The van der Waals surface area contributed by atoms with Crippen molar-refractivity contribution in [2.24, 2.45) is 0 Å². The molecule has 1 saturated carbocycles. The molecule has 2 aromatic heterocycles. The summed E-state index contributed by atoms with van der Waals surface area (Å²) in [6.45, 7) is 2.10. The van der Waals surface area contributed by atoms with Crippen molar-refractivity contribution < 1.29 is 18.3 Å². The summed E-state index contributed by atoms with van der Waals surface area (Å²) >= 11 is 0. The van der Waals surface area contributed by atoms with Crippen LogP contribution in [0.2, 0.25) is 0 Å². The summed E-state index contributed by atoms with van der Waals surface area (Å²) in [4.78, 5) is 8.41. The van der Waals surface area contributed by atoms with Gasteiger partial charge in [-0.3, -0.25) is 0 Å². The van der Waals surface area contributed by atoms with Gasteiger partial charge in [-0.2, -0.15) is 5.10 Å². The van der Waals surface area contributed by atoms with Crippen LogP contribution in [0.4, 0.5) is 5.82 Å². The van der Waals surface area contributed by atoms with Gasteiger partial charge < -0.3 is 15.6 Å². The minimum Gasteiger partial charge on any atom is -0.385 e. The van der Waals surface area contributed by atoms with Crippen LogP contribution in [0.3, 0.4) is 0 Å². The fourth-order valence-electron chi connectivity index (χ4n) is 5.55. The molecule has 10 nitrogen and oxygen atoms in total. The molecule has 4 aromatic rings. The highest BCUT2D eigenvalue weighted by Crippen LogP contribution is 2.50. The Kier molecular flexibility index (Phi) is 5.57. The van der Waals surface area contributed by atoms with Crippen LogP contribution in [0.1, 0.15) is 42.9 Å². The maximum atomic E-state index is 13.6. The minimum atomic E-state index is -3.87. The number of aryl methyl sites for hydroxylation is 1. The Bertz CT molecular complexity index is 1560. The number of aliphatic hydroxyl groups is 1. The molecule has 2 saturated heterocycles. The molecule has 1 unspecified atom stereocenters. The number of ether oxygens (including phenoxy) is 1. The standard InChI is InChI=1S/C26H28N6O4S/c1-17-7-8-19(13-20(17)21-14-28-24-23(27)29-16-30-32(21)24)37(34,35)31-25-9-11-26(12-10-25,36-15-25)22(33)18-5-3-2-4-6-18/h2-8,13-14,16,22,31,33H,9-12,15H2,1H3,(H2,27,29,30). The summed E-state index contributed by atoms with van der Waals surface area (Å²) in [5.74, 6) is 0.242. The highest BCUT2D eigenvalue weighted by atomic mass is 32.2. The molecule has 11 heteroatoms. The largest absolute Gasteiger partial charge is 0.385 e. The monoisotopic (exact) mass is 520 g/mol. The number of rotatable bonds is 6. The summed E-state index contributed by atoms with van der Waals surface area (Å²) in [6, 6.07) is 14.5. The number of aromatic nitrogens is 4. The summed E-state index contributed by atoms with van der Waals surface area (Å²) in [5.41, 5.74) is 7.89. The molecule has 2 aliphatic heterocycles. The first-order chi connectivity index (χ1) is 17.7. The zero-order valence-corrected chi connectivity index (χ0v) is 21.1. The van der Waals surface area contributed by atoms with E-state index in [1.54, 1.807) is 28.9 Å². The van der Waals surface area contributed by atoms with Crippen LogP contribution in [-0.2, 0) is 14.8 Å². The predicted octanol–water partition coefficient (Wildman–Crippen LogP) is 2.78. The molecule has 0 amide bonds. The van der Waals surface area contributed by atoms with Crippen molar-refractivity contribution >= 4 is 21.5 Å². The number of nitrogen functional groups attached to an aromatic ring is 1. The lowest BCUT2D eigenvalue weighted by molar-refractivity contribution is -0.207. The fraction of sp³-hybridized carbons (Fsp3) is 0.346. The number of anilines is 1. The number of nitrogens with zero attached hydrogens (tertiary/aromatic N) is 4. The molecule has 4 heterocycles. The number of imidazole rings is 1. The third-order valence-electron chi connectivity index (χ3n) is 7.78. The maximum absolute atomic E-state index is 13.6. The second-order valence-electron chi connectivity index (χ2n) is 10.1. The van der Waals surface area contributed by atoms with E-state index in [0.29, 0.717) is 42.6 Å². The van der Waals surface area contributed by atoms with Crippen LogP contribution in [0.15, 0.2) is 66.0 Å². The normalized spacial score (nSPS) is 24.4. The summed E-state index contributed by atoms with van der Waals surface area (Å²) in [6.07, 6.45) is 4.48. The topological polar surface area (TPSA) is 145 Å². The molecular weight excluding hydrogens is 492 g/mol. The Hall–Kier alpha value is -3.38. The van der Waals surface area contributed by atoms with Crippen LogP contribution < -0.4 is 10.5 Å². The second kappa shape index (κ2) is 8.59. The van der Waals surface area contributed by atoms with E-state index in [4.69, 9.17) is 10.5 Å². The highest BCUT2D eigenvalue weighted by Gasteiger charge is 2.54. The maximum Gasteiger partial charge on any atom is 0.241 e. The summed E-state index contributed by atoms with van der Waals surface area (Å²) in [5, 5.41) is 15.3. The van der Waals surface area contributed by atoms with Gasteiger partial charge in [0.05, 0.1) is 34.5 Å². The molecular formula is C26H28N6O4S. The Morgan fingerprint density at radius 3 is 2.57 bits per heavy atom. The van der Waals surface area contributed by atoms with Crippen LogP contribution in [0, 0.1) is 6.92 Å². The van der Waals surface area contributed by atoms with E-state index >= 15 is 0 Å². The van der Waals surface area contributed by atoms with Crippen LogP contribution in [-0.4, -0.2) is 50.9 Å². The van der Waals surface area contributed by atoms with Gasteiger partial charge in [-0.15, -0.1) is 0 Å². The molecule has 0 spiro atoms. The summed E-state index contributed by atoms with van der Waals surface area (Å²) < 4.78 is 37.9. The third kappa shape index (κ3) is 3.98. The quantitative estimate of drug-likeness (QED) is 0.352. The molecule has 37 heavy (non-hydrogen) atoms. The van der Waals surface area contributed by atoms with Crippen LogP contribution in [0.5, 0.6) is 0 Å². The van der Waals surface area contributed by atoms with E-state index < -0.39 is 27.3 Å². The molecule has 1 aliphatic carbocycles. The first-order valence-corrected chi connectivity index (χ1v) is 13.7. The van der Waals surface area contributed by atoms with Gasteiger partial charge in [0.25, 0.3) is 0 Å². The molecule has 4 N–H and O–H groups in total. The highest BCUT2D eigenvalue weighted by molar-refractivity contribution is 7.89. The van der Waals surface area contributed by atoms with E-state index in [-0.39, 0.29) is 17.3 Å². The Labute approximate surface area is 214 Å². The average molecular weight is 521 g/mol. The van der Waals surface area contributed by atoms with Gasteiger partial charge >= 0.3 is 0 Å². The molecule has 192 valence electrons. The third-order valence-corrected chi connectivity index (χ3v) is 9.36. The van der Waals surface area contributed by atoms with E-state index in [2.05, 4.69) is 19.8 Å². The van der Waals surface area contributed by atoms with Crippen molar-refractivity contribution in [3.05, 3.63) is 72.2 Å². The Balaban J connectivity index is 1.26. The number of nitrogens with one attached hydrogen (secondary N) is 1. The van der Waals surface area contributed by atoms with Crippen molar-refractivity contribution in [3.63, 3.8) is 0 Å². The zero-order chi connectivity index (χ0) is 25.8. The average Bonchev–Trinajstić information content (AvgIpc) is 3.35. The first-order valence-electron chi connectivity index (χ1n) is 12.2. The van der Waals surface area contributed by atoms with Gasteiger partial charge in [-0.05, 0) is 55.9 Å². The van der Waals surface area contributed by atoms with Crippen molar-refractivity contribution in [2.45, 2.75) is 54.7 Å². The fourth-order valence-corrected chi connectivity index (χ4v) is 7.02. The summed E-state index contributed by atoms with van der Waals surface area (Å²) in [7, 11) is -3.87. The molecule has 1 atom stereocenters. The Morgan fingerprint density at radius 1 is 1.11 bits per heavy atom. The lowest BCUT2D eigenvalue weighted by Gasteiger charge is -2.54. The van der Waals surface area contributed by atoms with E-state index in [0.717, 1.165) is 11.1 Å². The minimum absolute atomic E-state index is 0.145. The van der Waals surface area contributed by atoms with Crippen molar-refractivity contribution in [1.82, 2.24) is 24.3 Å².